The Kier molecular flexibility index (Phi) is 2.11. The summed E-state index contributed by atoms with van der Waals surface area (Å²) in [5.41, 5.74) is 6.53. The molecule has 2 N–H and O–H groups in total. The third-order valence-corrected chi connectivity index (χ3v) is 3.24. The van der Waals surface area contributed by atoms with E-state index in [1.165, 1.54) is 0 Å². The number of halogens is 1. The molecule has 2 nitrogen and oxygen atoms in total. The number of rotatable bonds is 1. The molecule has 1 aliphatic rings. The summed E-state index contributed by atoms with van der Waals surface area (Å²) in [5.74, 6) is 0. The maximum atomic E-state index is 12.9. The molecular formula is C8H11FN2S. The molecule has 66 valence electrons. The van der Waals surface area contributed by atoms with Gasteiger partial charge in [0, 0.05) is 17.8 Å². The molecule has 1 aromatic heterocycles. The maximum Gasteiger partial charge on any atom is 0.107 e. The van der Waals surface area contributed by atoms with Gasteiger partial charge in [-0.05, 0) is 12.8 Å². The number of fused-ring (bicyclic) bond motifs is 1. The van der Waals surface area contributed by atoms with Crippen molar-refractivity contribution in [1.82, 2.24) is 4.98 Å². The smallest absolute Gasteiger partial charge is 0.107 e. The highest BCUT2D eigenvalue weighted by Gasteiger charge is 2.21. The van der Waals surface area contributed by atoms with E-state index in [4.69, 9.17) is 5.73 Å². The van der Waals surface area contributed by atoms with Crippen LogP contribution in [0.5, 0.6) is 0 Å². The third-order valence-electron chi connectivity index (χ3n) is 2.10. The Morgan fingerprint density at radius 3 is 3.25 bits per heavy atom. The Labute approximate surface area is 74.6 Å². The van der Waals surface area contributed by atoms with E-state index in [1.54, 1.807) is 11.3 Å². The van der Waals surface area contributed by atoms with Gasteiger partial charge < -0.3 is 5.73 Å². The fraction of sp³-hybridized carbons (Fsp3) is 0.625. The lowest BCUT2D eigenvalue weighted by atomic mass is 10.0. The molecule has 0 bridgehead atoms. The van der Waals surface area contributed by atoms with Gasteiger partial charge in [0.05, 0.1) is 5.69 Å². The molecule has 1 unspecified atom stereocenters. The van der Waals surface area contributed by atoms with Crippen LogP contribution in [0.25, 0.3) is 0 Å². The first-order valence-corrected chi connectivity index (χ1v) is 4.93. The van der Waals surface area contributed by atoms with Crippen LogP contribution in [0.15, 0.2) is 0 Å². The van der Waals surface area contributed by atoms with Gasteiger partial charge in [-0.15, -0.1) is 11.3 Å². The van der Waals surface area contributed by atoms with Crippen LogP contribution in [0.2, 0.25) is 0 Å². The average molecular weight is 186 g/mol. The number of nitrogens with zero attached hydrogens (tertiary/aromatic N) is 1. The SMILES string of the molecule is NCc1nc2c(s1)CC(F)CC2. The first kappa shape index (κ1) is 8.13. The van der Waals surface area contributed by atoms with Crippen LogP contribution in [-0.4, -0.2) is 11.2 Å². The first-order valence-electron chi connectivity index (χ1n) is 4.11. The number of aromatic nitrogens is 1. The highest BCUT2D eigenvalue weighted by molar-refractivity contribution is 7.11. The molecule has 1 aliphatic carbocycles. The van der Waals surface area contributed by atoms with Crippen molar-refractivity contribution in [2.75, 3.05) is 0 Å². The van der Waals surface area contributed by atoms with E-state index in [9.17, 15) is 4.39 Å². The zero-order chi connectivity index (χ0) is 8.55. The molecular weight excluding hydrogens is 175 g/mol. The van der Waals surface area contributed by atoms with E-state index >= 15 is 0 Å². The topological polar surface area (TPSA) is 38.9 Å². The predicted octanol–water partition coefficient (Wildman–Crippen LogP) is 1.43. The van der Waals surface area contributed by atoms with E-state index in [1.807, 2.05) is 0 Å². The molecule has 1 atom stereocenters. The zero-order valence-electron chi connectivity index (χ0n) is 6.72. The highest BCUT2D eigenvalue weighted by atomic mass is 32.1. The third kappa shape index (κ3) is 1.36. The molecule has 2 rings (SSSR count). The summed E-state index contributed by atoms with van der Waals surface area (Å²) in [7, 11) is 0. The number of alkyl halides is 1. The van der Waals surface area contributed by atoms with Gasteiger partial charge in [0.2, 0.25) is 0 Å². The largest absolute Gasteiger partial charge is 0.325 e. The highest BCUT2D eigenvalue weighted by Crippen LogP contribution is 2.27. The quantitative estimate of drug-likeness (QED) is 0.720. The first-order chi connectivity index (χ1) is 5.79. The van der Waals surface area contributed by atoms with E-state index in [-0.39, 0.29) is 0 Å². The molecule has 1 aromatic rings. The second kappa shape index (κ2) is 3.11. The fourth-order valence-corrected chi connectivity index (χ4v) is 2.53. The van der Waals surface area contributed by atoms with Gasteiger partial charge in [0.1, 0.15) is 11.2 Å². The van der Waals surface area contributed by atoms with Crippen LogP contribution in [0.1, 0.15) is 22.0 Å². The second-order valence-electron chi connectivity index (χ2n) is 3.02. The Bertz CT molecular complexity index is 285. The van der Waals surface area contributed by atoms with E-state index < -0.39 is 6.17 Å². The van der Waals surface area contributed by atoms with Crippen LogP contribution in [-0.2, 0) is 19.4 Å². The molecule has 1 heterocycles. The Morgan fingerprint density at radius 1 is 1.67 bits per heavy atom. The summed E-state index contributed by atoms with van der Waals surface area (Å²) >= 11 is 1.56. The Balaban J connectivity index is 2.28. The van der Waals surface area contributed by atoms with E-state index in [0.29, 0.717) is 19.4 Å². The van der Waals surface area contributed by atoms with Gasteiger partial charge in [-0.3, -0.25) is 0 Å². The zero-order valence-corrected chi connectivity index (χ0v) is 7.53. The Hall–Kier alpha value is -0.480. The fourth-order valence-electron chi connectivity index (χ4n) is 1.48. The summed E-state index contributed by atoms with van der Waals surface area (Å²) in [6.45, 7) is 0.481. The summed E-state index contributed by atoms with van der Waals surface area (Å²) in [4.78, 5) is 5.44. The van der Waals surface area contributed by atoms with Crippen LogP contribution in [0.3, 0.4) is 0 Å². The number of hydrogen-bond donors (Lipinski definition) is 1. The van der Waals surface area contributed by atoms with Crippen molar-refractivity contribution in [2.24, 2.45) is 5.73 Å². The van der Waals surface area contributed by atoms with Crippen LogP contribution >= 0.6 is 11.3 Å². The van der Waals surface area contributed by atoms with Gasteiger partial charge in [-0.2, -0.15) is 0 Å². The standard InChI is InChI=1S/C8H11FN2S/c9-5-1-2-6-7(3-5)12-8(4-10)11-6/h5H,1-4,10H2. The molecule has 0 amide bonds. The minimum atomic E-state index is -0.663. The van der Waals surface area contributed by atoms with E-state index in [2.05, 4.69) is 4.98 Å². The van der Waals surface area contributed by atoms with Crippen LogP contribution < -0.4 is 5.73 Å². The van der Waals surface area contributed by atoms with Gasteiger partial charge in [0.15, 0.2) is 0 Å². The minimum Gasteiger partial charge on any atom is -0.325 e. The molecule has 0 radical (unpaired) electrons. The number of hydrogen-bond acceptors (Lipinski definition) is 3. The lowest BCUT2D eigenvalue weighted by molar-refractivity contribution is 0.302. The number of nitrogens with two attached hydrogens (primary N) is 1. The number of thiazole rings is 1. The molecule has 0 saturated carbocycles. The molecule has 0 spiro atoms. The molecule has 0 fully saturated rings. The lowest BCUT2D eigenvalue weighted by Crippen LogP contribution is -2.12. The van der Waals surface area contributed by atoms with Gasteiger partial charge in [0.25, 0.3) is 0 Å². The van der Waals surface area contributed by atoms with Crippen molar-refractivity contribution in [3.05, 3.63) is 15.6 Å². The molecule has 0 aliphatic heterocycles. The van der Waals surface area contributed by atoms with Gasteiger partial charge >= 0.3 is 0 Å². The van der Waals surface area contributed by atoms with Gasteiger partial charge in [-0.25, -0.2) is 9.37 Å². The molecule has 0 aromatic carbocycles. The van der Waals surface area contributed by atoms with Crippen molar-refractivity contribution in [2.45, 2.75) is 32.0 Å². The van der Waals surface area contributed by atoms with Crippen molar-refractivity contribution < 1.29 is 4.39 Å². The van der Waals surface area contributed by atoms with Gasteiger partial charge in [-0.1, -0.05) is 0 Å². The normalized spacial score (nSPS) is 22.3. The lowest BCUT2D eigenvalue weighted by Gasteiger charge is -2.12. The van der Waals surface area contributed by atoms with Crippen LogP contribution in [0, 0.1) is 0 Å². The van der Waals surface area contributed by atoms with E-state index in [0.717, 1.165) is 22.0 Å². The van der Waals surface area contributed by atoms with Crippen molar-refractivity contribution in [3.8, 4) is 0 Å². The van der Waals surface area contributed by atoms with Crippen molar-refractivity contribution >= 4 is 11.3 Å². The average Bonchev–Trinajstić information content (AvgIpc) is 2.46. The minimum absolute atomic E-state index is 0.481. The second-order valence-corrected chi connectivity index (χ2v) is 4.19. The van der Waals surface area contributed by atoms with Crippen LogP contribution in [0.4, 0.5) is 4.39 Å². The summed E-state index contributed by atoms with van der Waals surface area (Å²) in [5, 5.41) is 0.939. The summed E-state index contributed by atoms with van der Waals surface area (Å²) in [6.07, 6.45) is 1.30. The van der Waals surface area contributed by atoms with Crippen molar-refractivity contribution in [1.29, 1.82) is 0 Å². The molecule has 4 heteroatoms. The maximum absolute atomic E-state index is 12.9. The Morgan fingerprint density at radius 2 is 2.50 bits per heavy atom. The van der Waals surface area contributed by atoms with Crippen molar-refractivity contribution in [3.63, 3.8) is 0 Å². The molecule has 0 saturated heterocycles. The monoisotopic (exact) mass is 186 g/mol. The molecule has 12 heavy (non-hydrogen) atoms. The predicted molar refractivity (Wildman–Crippen MR) is 46.9 cm³/mol. The summed E-state index contributed by atoms with van der Waals surface area (Å²) < 4.78 is 12.9. The number of aryl methyl sites for hydroxylation is 1. The summed E-state index contributed by atoms with van der Waals surface area (Å²) in [6, 6.07) is 0.